The zero-order valence-electron chi connectivity index (χ0n) is 10.2. The fourth-order valence-corrected chi connectivity index (χ4v) is 2.22. The van der Waals surface area contributed by atoms with Crippen molar-refractivity contribution in [2.24, 2.45) is 0 Å². The monoisotopic (exact) mass is 273 g/mol. The minimum Gasteiger partial charge on any atom is -0.321 e. The third-order valence-electron chi connectivity index (χ3n) is 2.60. The van der Waals surface area contributed by atoms with Crippen molar-refractivity contribution >= 4 is 35.0 Å². The number of anilines is 1. The lowest BCUT2D eigenvalue weighted by Gasteiger charge is -2.04. The molecule has 19 heavy (non-hydrogen) atoms. The standard InChI is InChI=1S/C14H11NO3S/c1-9(17)10-2-4-11(5-3-10)14(18)15-12-6-7-19-13(12)8-16/h2-8H,1H3,(H,15,18). The van der Waals surface area contributed by atoms with E-state index in [2.05, 4.69) is 5.32 Å². The van der Waals surface area contributed by atoms with Crippen molar-refractivity contribution in [2.75, 3.05) is 5.32 Å². The zero-order valence-corrected chi connectivity index (χ0v) is 11.0. The van der Waals surface area contributed by atoms with Gasteiger partial charge in [0.25, 0.3) is 5.91 Å². The van der Waals surface area contributed by atoms with E-state index in [1.54, 1.807) is 35.7 Å². The summed E-state index contributed by atoms with van der Waals surface area (Å²) in [5.74, 6) is -0.357. The van der Waals surface area contributed by atoms with Crippen molar-refractivity contribution in [3.8, 4) is 0 Å². The molecule has 1 N–H and O–H groups in total. The molecule has 4 nitrogen and oxygen atoms in total. The van der Waals surface area contributed by atoms with Gasteiger partial charge in [-0.25, -0.2) is 0 Å². The molecule has 0 unspecified atom stereocenters. The Balaban J connectivity index is 2.16. The zero-order chi connectivity index (χ0) is 13.8. The van der Waals surface area contributed by atoms with Gasteiger partial charge in [-0.15, -0.1) is 11.3 Å². The number of rotatable bonds is 4. The number of amides is 1. The maximum absolute atomic E-state index is 12.0. The van der Waals surface area contributed by atoms with Crippen molar-refractivity contribution < 1.29 is 14.4 Å². The van der Waals surface area contributed by atoms with E-state index in [0.717, 1.165) is 0 Å². The van der Waals surface area contributed by atoms with Gasteiger partial charge in [-0.3, -0.25) is 14.4 Å². The molecule has 0 saturated carbocycles. The number of hydrogen-bond donors (Lipinski definition) is 1. The Hall–Kier alpha value is -2.27. The predicted molar refractivity (Wildman–Crippen MR) is 74.1 cm³/mol. The molecule has 0 atom stereocenters. The van der Waals surface area contributed by atoms with Crippen molar-refractivity contribution in [1.29, 1.82) is 0 Å². The number of benzene rings is 1. The molecule has 1 amide bonds. The molecule has 0 spiro atoms. The molecule has 1 aromatic carbocycles. The van der Waals surface area contributed by atoms with Crippen molar-refractivity contribution in [3.63, 3.8) is 0 Å². The second-order valence-corrected chi connectivity index (χ2v) is 4.85. The van der Waals surface area contributed by atoms with Crippen LogP contribution in [0, 0.1) is 0 Å². The Morgan fingerprint density at radius 2 is 1.74 bits per heavy atom. The lowest BCUT2D eigenvalue weighted by molar-refractivity contribution is 0.100. The first-order valence-electron chi connectivity index (χ1n) is 5.57. The Labute approximate surface area is 114 Å². The molecule has 0 aliphatic rings. The summed E-state index contributed by atoms with van der Waals surface area (Å²) in [5.41, 5.74) is 1.49. The predicted octanol–water partition coefficient (Wildman–Crippen LogP) is 3.02. The molecule has 5 heteroatoms. The molecule has 0 aliphatic heterocycles. The van der Waals surface area contributed by atoms with Gasteiger partial charge in [0.05, 0.1) is 10.6 Å². The van der Waals surface area contributed by atoms with Gasteiger partial charge in [-0.05, 0) is 30.5 Å². The highest BCUT2D eigenvalue weighted by molar-refractivity contribution is 7.12. The van der Waals surface area contributed by atoms with Gasteiger partial charge < -0.3 is 5.32 Å². The first kappa shape index (κ1) is 13.2. The Morgan fingerprint density at radius 3 is 2.32 bits per heavy atom. The van der Waals surface area contributed by atoms with Gasteiger partial charge in [0.2, 0.25) is 0 Å². The first-order chi connectivity index (χ1) is 9.11. The van der Waals surface area contributed by atoms with E-state index < -0.39 is 0 Å². The molecule has 0 bridgehead atoms. The highest BCUT2D eigenvalue weighted by atomic mass is 32.1. The lowest BCUT2D eigenvalue weighted by atomic mass is 10.1. The number of hydrogen-bond acceptors (Lipinski definition) is 4. The Morgan fingerprint density at radius 1 is 1.11 bits per heavy atom. The van der Waals surface area contributed by atoms with Crippen molar-refractivity contribution in [1.82, 2.24) is 0 Å². The van der Waals surface area contributed by atoms with Gasteiger partial charge in [0.15, 0.2) is 12.1 Å². The third kappa shape index (κ3) is 2.95. The van der Waals surface area contributed by atoms with Crippen LogP contribution < -0.4 is 5.32 Å². The minimum atomic E-state index is -0.309. The number of carbonyl (C=O) groups is 3. The maximum atomic E-state index is 12.0. The van der Waals surface area contributed by atoms with E-state index in [9.17, 15) is 14.4 Å². The average Bonchev–Trinajstić information content (AvgIpc) is 2.86. The molecule has 2 rings (SSSR count). The molecule has 0 saturated heterocycles. The molecule has 0 aliphatic carbocycles. The van der Waals surface area contributed by atoms with E-state index >= 15 is 0 Å². The van der Waals surface area contributed by atoms with E-state index in [-0.39, 0.29) is 11.7 Å². The van der Waals surface area contributed by atoms with E-state index in [0.29, 0.717) is 28.0 Å². The Bertz CT molecular complexity index is 628. The van der Waals surface area contributed by atoms with Gasteiger partial charge in [0, 0.05) is 11.1 Å². The second kappa shape index (κ2) is 5.58. The van der Waals surface area contributed by atoms with Gasteiger partial charge in [-0.1, -0.05) is 12.1 Å². The van der Waals surface area contributed by atoms with E-state index in [4.69, 9.17) is 0 Å². The summed E-state index contributed by atoms with van der Waals surface area (Å²) >= 11 is 1.27. The molecule has 96 valence electrons. The quantitative estimate of drug-likeness (QED) is 0.688. The van der Waals surface area contributed by atoms with Gasteiger partial charge in [-0.2, -0.15) is 0 Å². The number of ketones is 1. The van der Waals surface area contributed by atoms with Crippen LogP contribution in [0.2, 0.25) is 0 Å². The highest BCUT2D eigenvalue weighted by Gasteiger charge is 2.10. The minimum absolute atomic E-state index is 0.0481. The van der Waals surface area contributed by atoms with E-state index in [1.807, 2.05) is 0 Å². The smallest absolute Gasteiger partial charge is 0.255 e. The second-order valence-electron chi connectivity index (χ2n) is 3.90. The summed E-state index contributed by atoms with van der Waals surface area (Å²) in [4.78, 5) is 34.3. The van der Waals surface area contributed by atoms with Crippen LogP contribution in [-0.4, -0.2) is 18.0 Å². The molecule has 0 radical (unpaired) electrons. The van der Waals surface area contributed by atoms with Crippen molar-refractivity contribution in [2.45, 2.75) is 6.92 Å². The molecule has 2 aromatic rings. The highest BCUT2D eigenvalue weighted by Crippen LogP contribution is 2.20. The van der Waals surface area contributed by atoms with Crippen LogP contribution in [0.5, 0.6) is 0 Å². The maximum Gasteiger partial charge on any atom is 0.255 e. The normalized spacial score (nSPS) is 9.95. The summed E-state index contributed by atoms with van der Waals surface area (Å²) in [5, 5.41) is 4.40. The Kier molecular flexibility index (Phi) is 3.87. The summed E-state index contributed by atoms with van der Waals surface area (Å²) in [7, 11) is 0. The van der Waals surface area contributed by atoms with Crippen molar-refractivity contribution in [3.05, 3.63) is 51.7 Å². The van der Waals surface area contributed by atoms with Gasteiger partial charge in [0.1, 0.15) is 0 Å². The SMILES string of the molecule is CC(=O)c1ccc(C(=O)Nc2ccsc2C=O)cc1. The van der Waals surface area contributed by atoms with Crippen LogP contribution in [0.1, 0.15) is 37.3 Å². The summed E-state index contributed by atoms with van der Waals surface area (Å²) < 4.78 is 0. The third-order valence-corrected chi connectivity index (χ3v) is 3.45. The summed E-state index contributed by atoms with van der Waals surface area (Å²) in [6.45, 7) is 1.47. The summed E-state index contributed by atoms with van der Waals surface area (Å²) in [6.07, 6.45) is 0.707. The van der Waals surface area contributed by atoms with Crippen LogP contribution in [-0.2, 0) is 0 Å². The summed E-state index contributed by atoms with van der Waals surface area (Å²) in [6, 6.07) is 8.05. The number of carbonyl (C=O) groups excluding carboxylic acids is 3. The largest absolute Gasteiger partial charge is 0.321 e. The van der Waals surface area contributed by atoms with Crippen LogP contribution >= 0.6 is 11.3 Å². The number of aldehydes is 1. The fourth-order valence-electron chi connectivity index (χ4n) is 1.57. The van der Waals surface area contributed by atoms with Crippen LogP contribution in [0.3, 0.4) is 0 Å². The number of thiophene rings is 1. The molecular weight excluding hydrogens is 262 g/mol. The van der Waals surface area contributed by atoms with Crippen LogP contribution in [0.15, 0.2) is 35.7 Å². The number of nitrogens with one attached hydrogen (secondary N) is 1. The molecular formula is C14H11NO3S. The van der Waals surface area contributed by atoms with Gasteiger partial charge >= 0.3 is 0 Å². The van der Waals surface area contributed by atoms with E-state index in [1.165, 1.54) is 18.3 Å². The fraction of sp³-hybridized carbons (Fsp3) is 0.0714. The average molecular weight is 273 g/mol. The topological polar surface area (TPSA) is 63.2 Å². The molecule has 1 heterocycles. The van der Waals surface area contributed by atoms with Crippen LogP contribution in [0.25, 0.3) is 0 Å². The number of Topliss-reactive ketones (excluding diaryl/α,β-unsaturated/α-hetero) is 1. The molecule has 1 aromatic heterocycles. The van der Waals surface area contributed by atoms with Crippen LogP contribution in [0.4, 0.5) is 5.69 Å². The molecule has 0 fully saturated rings. The lowest BCUT2D eigenvalue weighted by Crippen LogP contribution is -2.12. The first-order valence-corrected chi connectivity index (χ1v) is 6.45.